The normalized spacial score (nSPS) is 9.86. The first-order chi connectivity index (χ1) is 6.66. The topological polar surface area (TPSA) is 66.4 Å². The van der Waals surface area contributed by atoms with Crippen molar-refractivity contribution in [3.05, 3.63) is 0 Å². The molecule has 5 heteroatoms. The molecule has 0 aliphatic heterocycles. The van der Waals surface area contributed by atoms with E-state index < -0.39 is 0 Å². The maximum atomic E-state index is 11.1. The number of Topliss-reactive ketones (excluding diaryl/α,β-unsaturated/α-hetero) is 1. The van der Waals surface area contributed by atoms with Gasteiger partial charge in [0.05, 0.1) is 6.61 Å². The molecule has 0 aliphatic rings. The molecule has 1 amide bonds. The van der Waals surface area contributed by atoms with Crippen molar-refractivity contribution in [2.75, 3.05) is 24.7 Å². The zero-order valence-electron chi connectivity index (χ0n) is 8.41. The van der Waals surface area contributed by atoms with Crippen LogP contribution in [0.5, 0.6) is 0 Å². The summed E-state index contributed by atoms with van der Waals surface area (Å²) in [6.45, 7) is 2.24. The van der Waals surface area contributed by atoms with Crippen molar-refractivity contribution in [1.82, 2.24) is 5.32 Å². The number of rotatable bonds is 8. The number of aliphatic hydroxyl groups is 1. The maximum absolute atomic E-state index is 11.1. The highest BCUT2D eigenvalue weighted by Gasteiger charge is 2.01. The molecular formula is C9H17NO3S. The Balaban J connectivity index is 3.22. The molecule has 4 nitrogen and oxygen atoms in total. The molecule has 0 unspecified atom stereocenters. The van der Waals surface area contributed by atoms with Crippen LogP contribution in [0.2, 0.25) is 0 Å². The largest absolute Gasteiger partial charge is 0.396 e. The number of amides is 1. The molecule has 0 atom stereocenters. The van der Waals surface area contributed by atoms with Gasteiger partial charge in [-0.2, -0.15) is 11.8 Å². The summed E-state index contributed by atoms with van der Waals surface area (Å²) in [5, 5.41) is 11.2. The lowest BCUT2D eigenvalue weighted by Gasteiger charge is -2.03. The van der Waals surface area contributed by atoms with Crippen molar-refractivity contribution in [3.8, 4) is 0 Å². The number of thioether (sulfide) groups is 1. The molecule has 0 aliphatic carbocycles. The van der Waals surface area contributed by atoms with Crippen LogP contribution in [0.15, 0.2) is 0 Å². The van der Waals surface area contributed by atoms with E-state index in [2.05, 4.69) is 5.32 Å². The van der Waals surface area contributed by atoms with Gasteiger partial charge in [0.15, 0.2) is 0 Å². The van der Waals surface area contributed by atoms with Crippen molar-refractivity contribution in [2.24, 2.45) is 0 Å². The van der Waals surface area contributed by atoms with Crippen LogP contribution in [-0.4, -0.2) is 41.5 Å². The molecule has 0 radical (unpaired) electrons. The van der Waals surface area contributed by atoms with Gasteiger partial charge >= 0.3 is 0 Å². The zero-order chi connectivity index (χ0) is 10.8. The smallest absolute Gasteiger partial charge is 0.220 e. The fourth-order valence-corrected chi connectivity index (χ4v) is 1.39. The number of aliphatic hydroxyl groups excluding tert-OH is 1. The van der Waals surface area contributed by atoms with Crippen molar-refractivity contribution in [3.63, 3.8) is 0 Å². The van der Waals surface area contributed by atoms with E-state index in [1.807, 2.05) is 0 Å². The molecular weight excluding hydrogens is 202 g/mol. The monoisotopic (exact) mass is 219 g/mol. The van der Waals surface area contributed by atoms with Crippen LogP contribution in [0.1, 0.15) is 19.8 Å². The Kier molecular flexibility index (Phi) is 8.67. The summed E-state index contributed by atoms with van der Waals surface area (Å²) in [4.78, 5) is 21.6. The van der Waals surface area contributed by atoms with Gasteiger partial charge in [0.25, 0.3) is 0 Å². The molecule has 0 heterocycles. The second-order valence-electron chi connectivity index (χ2n) is 2.89. The van der Waals surface area contributed by atoms with Crippen molar-refractivity contribution in [1.29, 1.82) is 0 Å². The Labute approximate surface area is 88.4 Å². The number of carbonyl (C=O) groups excluding carboxylic acids is 2. The SMILES string of the molecule is CC(=O)CCC(=O)NCCSCCO. The van der Waals surface area contributed by atoms with Crippen molar-refractivity contribution in [2.45, 2.75) is 19.8 Å². The Bertz CT molecular complexity index is 185. The zero-order valence-corrected chi connectivity index (χ0v) is 9.23. The van der Waals surface area contributed by atoms with Gasteiger partial charge in [-0.15, -0.1) is 0 Å². The van der Waals surface area contributed by atoms with E-state index in [-0.39, 0.29) is 24.7 Å². The number of hydrogen-bond acceptors (Lipinski definition) is 4. The average Bonchev–Trinajstić information content (AvgIpc) is 2.14. The molecule has 2 N–H and O–H groups in total. The highest BCUT2D eigenvalue weighted by atomic mass is 32.2. The van der Waals surface area contributed by atoms with Gasteiger partial charge in [0.1, 0.15) is 5.78 Å². The van der Waals surface area contributed by atoms with E-state index in [0.29, 0.717) is 18.7 Å². The summed E-state index contributed by atoms with van der Waals surface area (Å²) in [5.41, 5.74) is 0. The van der Waals surface area contributed by atoms with Gasteiger partial charge in [0.2, 0.25) is 5.91 Å². The van der Waals surface area contributed by atoms with Gasteiger partial charge < -0.3 is 15.2 Å². The lowest BCUT2D eigenvalue weighted by molar-refractivity contribution is -0.124. The van der Waals surface area contributed by atoms with E-state index >= 15 is 0 Å². The fraction of sp³-hybridized carbons (Fsp3) is 0.778. The second kappa shape index (κ2) is 9.02. The molecule has 14 heavy (non-hydrogen) atoms. The summed E-state index contributed by atoms with van der Waals surface area (Å²) in [6.07, 6.45) is 0.593. The van der Waals surface area contributed by atoms with Crippen LogP contribution >= 0.6 is 11.8 Å². The highest BCUT2D eigenvalue weighted by molar-refractivity contribution is 7.99. The first-order valence-corrected chi connectivity index (χ1v) is 5.77. The summed E-state index contributed by atoms with van der Waals surface area (Å²) >= 11 is 1.59. The van der Waals surface area contributed by atoms with E-state index in [4.69, 9.17) is 5.11 Å². The number of carbonyl (C=O) groups is 2. The quantitative estimate of drug-likeness (QED) is 0.572. The standard InChI is InChI=1S/C9H17NO3S/c1-8(12)2-3-9(13)10-4-6-14-7-5-11/h11H,2-7H2,1H3,(H,10,13). The summed E-state index contributed by atoms with van der Waals surface area (Å²) < 4.78 is 0. The van der Waals surface area contributed by atoms with Crippen LogP contribution in [0.25, 0.3) is 0 Å². The van der Waals surface area contributed by atoms with Crippen LogP contribution in [0, 0.1) is 0 Å². The number of ketones is 1. The van der Waals surface area contributed by atoms with Gasteiger partial charge in [-0.25, -0.2) is 0 Å². The van der Waals surface area contributed by atoms with Crippen LogP contribution in [-0.2, 0) is 9.59 Å². The summed E-state index contributed by atoms with van der Waals surface area (Å²) in [6, 6.07) is 0. The van der Waals surface area contributed by atoms with Crippen LogP contribution < -0.4 is 5.32 Å². The summed E-state index contributed by atoms with van der Waals surface area (Å²) in [7, 11) is 0. The Hall–Kier alpha value is -0.550. The molecule has 0 aromatic heterocycles. The Morgan fingerprint density at radius 1 is 1.29 bits per heavy atom. The van der Waals surface area contributed by atoms with Gasteiger partial charge in [-0.05, 0) is 6.92 Å². The molecule has 0 aromatic carbocycles. The first-order valence-electron chi connectivity index (χ1n) is 4.61. The predicted octanol–water partition coefficient (Wildman–Crippen LogP) is 0.197. The minimum atomic E-state index is -0.0789. The molecule has 0 fully saturated rings. The van der Waals surface area contributed by atoms with Crippen molar-refractivity contribution >= 4 is 23.5 Å². The predicted molar refractivity (Wildman–Crippen MR) is 57.3 cm³/mol. The lowest BCUT2D eigenvalue weighted by Crippen LogP contribution is -2.26. The third-order valence-corrected chi connectivity index (χ3v) is 2.47. The van der Waals surface area contributed by atoms with Gasteiger partial charge in [-0.1, -0.05) is 0 Å². The van der Waals surface area contributed by atoms with E-state index in [1.165, 1.54) is 6.92 Å². The van der Waals surface area contributed by atoms with Crippen LogP contribution in [0.3, 0.4) is 0 Å². The lowest BCUT2D eigenvalue weighted by atomic mass is 10.2. The van der Waals surface area contributed by atoms with E-state index in [1.54, 1.807) is 11.8 Å². The molecule has 0 saturated carbocycles. The van der Waals surface area contributed by atoms with Crippen molar-refractivity contribution < 1.29 is 14.7 Å². The molecule has 82 valence electrons. The van der Waals surface area contributed by atoms with E-state index in [0.717, 1.165) is 5.75 Å². The highest BCUT2D eigenvalue weighted by Crippen LogP contribution is 1.96. The minimum absolute atomic E-state index is 0.0369. The van der Waals surface area contributed by atoms with Crippen LogP contribution in [0.4, 0.5) is 0 Å². The number of nitrogens with one attached hydrogen (secondary N) is 1. The molecule has 0 saturated heterocycles. The first kappa shape index (κ1) is 13.4. The molecule has 0 spiro atoms. The molecule has 0 bridgehead atoms. The Morgan fingerprint density at radius 2 is 2.00 bits per heavy atom. The molecule has 0 rings (SSSR count). The molecule has 0 aromatic rings. The second-order valence-corrected chi connectivity index (χ2v) is 4.11. The van der Waals surface area contributed by atoms with Gasteiger partial charge in [-0.3, -0.25) is 4.79 Å². The number of hydrogen-bond donors (Lipinski definition) is 2. The van der Waals surface area contributed by atoms with Gasteiger partial charge in [0, 0.05) is 30.9 Å². The minimum Gasteiger partial charge on any atom is -0.396 e. The fourth-order valence-electron chi connectivity index (χ4n) is 0.807. The third-order valence-electron chi connectivity index (χ3n) is 1.51. The average molecular weight is 219 g/mol. The van der Waals surface area contributed by atoms with E-state index in [9.17, 15) is 9.59 Å². The third kappa shape index (κ3) is 9.54. The maximum Gasteiger partial charge on any atom is 0.220 e. The Morgan fingerprint density at radius 3 is 2.57 bits per heavy atom. The summed E-state index contributed by atoms with van der Waals surface area (Å²) in [5.74, 6) is 1.45.